The number of aliphatic hydroxyl groups excluding tert-OH is 2. The number of fused-ring (bicyclic) bond motifs is 3. The van der Waals surface area contributed by atoms with Crippen LogP contribution in [-0.2, 0) is 36.9 Å². The monoisotopic (exact) mass is 1060 g/mol. The van der Waals surface area contributed by atoms with Crippen LogP contribution in [0.25, 0.3) is 0 Å². The van der Waals surface area contributed by atoms with Gasteiger partial charge in [0.15, 0.2) is 11.5 Å². The first-order valence-electron chi connectivity index (χ1n) is 26.8. The van der Waals surface area contributed by atoms with E-state index in [2.05, 4.69) is 18.0 Å². The molecule has 2 fully saturated rings. The zero-order valence-electron chi connectivity index (χ0n) is 43.9. The first kappa shape index (κ1) is 54.9. The number of methoxy groups -OCH3 is 2. The van der Waals surface area contributed by atoms with Crippen LogP contribution in [0, 0.1) is 17.8 Å². The van der Waals surface area contributed by atoms with Crippen molar-refractivity contribution in [1.82, 2.24) is 4.90 Å². The van der Waals surface area contributed by atoms with Crippen LogP contribution in [0.4, 0.5) is 15.3 Å². The minimum absolute atomic E-state index is 0.0168. The molecular weight excluding hydrogens is 991 g/mol. The van der Waals surface area contributed by atoms with E-state index in [0.29, 0.717) is 85.5 Å². The van der Waals surface area contributed by atoms with Crippen LogP contribution in [0.15, 0.2) is 114 Å². The van der Waals surface area contributed by atoms with Crippen molar-refractivity contribution in [2.45, 2.75) is 101 Å². The Morgan fingerprint density at radius 2 is 1.68 bits per heavy atom. The molecule has 0 aromatic heterocycles. The highest BCUT2D eigenvalue weighted by Crippen LogP contribution is 2.62. The molecule has 2 amide bonds. The van der Waals surface area contributed by atoms with E-state index >= 15 is 4.79 Å². The summed E-state index contributed by atoms with van der Waals surface area (Å²) in [5.41, 5.74) is 4.26. The first-order valence-corrected chi connectivity index (χ1v) is 26.8. The molecule has 0 bridgehead atoms. The third-order valence-electron chi connectivity index (χ3n) is 14.9. The van der Waals surface area contributed by atoms with Gasteiger partial charge in [-0.2, -0.15) is 0 Å². The normalized spacial score (nSPS) is 23.3. The van der Waals surface area contributed by atoms with Crippen molar-refractivity contribution in [2.24, 2.45) is 22.9 Å². The molecule has 4 aromatic carbocycles. The summed E-state index contributed by atoms with van der Waals surface area (Å²) in [5.74, 6) is -0.131. The van der Waals surface area contributed by atoms with Gasteiger partial charge in [0.25, 0.3) is 0 Å². The molecule has 3 N–H and O–H groups in total. The highest BCUT2D eigenvalue weighted by Gasteiger charge is 2.66. The summed E-state index contributed by atoms with van der Waals surface area (Å²) < 4.78 is 61.4. The van der Waals surface area contributed by atoms with E-state index in [1.807, 2.05) is 54.6 Å². The molecule has 77 heavy (non-hydrogen) atoms. The Bertz CT molecular complexity index is 2690. The summed E-state index contributed by atoms with van der Waals surface area (Å²) >= 11 is 0. The molecule has 7 atom stereocenters. The van der Waals surface area contributed by atoms with Gasteiger partial charge in [0.1, 0.15) is 35.6 Å². The predicted molar refractivity (Wildman–Crippen MR) is 284 cm³/mol. The van der Waals surface area contributed by atoms with E-state index in [1.165, 1.54) is 7.11 Å². The van der Waals surface area contributed by atoms with Crippen LogP contribution in [0.2, 0.25) is 0 Å². The maximum Gasteiger partial charge on any atom is 0.417 e. The second-order valence-corrected chi connectivity index (χ2v) is 19.7. The molecule has 0 radical (unpaired) electrons. The number of nitrogens with zero attached hydrogens (tertiary/aromatic N) is 2. The smallest absolute Gasteiger partial charge is 0.417 e. The van der Waals surface area contributed by atoms with Gasteiger partial charge >= 0.3 is 12.2 Å². The maximum atomic E-state index is 15.2. The minimum atomic E-state index is -1.63. The Morgan fingerprint density at radius 1 is 0.870 bits per heavy atom. The van der Waals surface area contributed by atoms with Crippen molar-refractivity contribution in [3.8, 4) is 34.5 Å². The van der Waals surface area contributed by atoms with Gasteiger partial charge in [-0.1, -0.05) is 66.5 Å². The number of unbranched alkanes of at least 4 members (excludes halogenated alkanes) is 2. The zero-order valence-corrected chi connectivity index (χ0v) is 43.9. The number of oxime groups is 1. The average Bonchev–Trinajstić information content (AvgIpc) is 4.03. The number of nitrogens with one attached hydrogen (secondary N) is 1. The molecular formula is C59H71N3O15. The van der Waals surface area contributed by atoms with Gasteiger partial charge < -0.3 is 62.4 Å². The maximum absolute atomic E-state index is 15.2. The van der Waals surface area contributed by atoms with Crippen molar-refractivity contribution in [1.29, 1.82) is 0 Å². The largest absolute Gasteiger partial charge is 0.497 e. The van der Waals surface area contributed by atoms with Gasteiger partial charge in [-0.3, -0.25) is 10.2 Å². The van der Waals surface area contributed by atoms with Crippen LogP contribution in [-0.4, -0.2) is 112 Å². The van der Waals surface area contributed by atoms with E-state index < -0.39 is 42.1 Å². The number of carbonyl (C=O) groups is 2. The van der Waals surface area contributed by atoms with Gasteiger partial charge in [0.2, 0.25) is 18.9 Å². The van der Waals surface area contributed by atoms with Gasteiger partial charge in [0, 0.05) is 50.1 Å². The number of aliphatic hydroxyl groups is 2. The lowest BCUT2D eigenvalue weighted by atomic mass is 9.55. The lowest BCUT2D eigenvalue weighted by molar-refractivity contribution is -0.256. The lowest BCUT2D eigenvalue weighted by Gasteiger charge is -2.59. The summed E-state index contributed by atoms with van der Waals surface area (Å²) in [4.78, 5) is 37.0. The Morgan fingerprint density at radius 3 is 2.45 bits per heavy atom. The fourth-order valence-corrected chi connectivity index (χ4v) is 11.3. The molecule has 5 aliphatic rings. The predicted octanol–water partition coefficient (Wildman–Crippen LogP) is 10.1. The van der Waals surface area contributed by atoms with Crippen LogP contribution in [0.1, 0.15) is 86.8 Å². The first-order chi connectivity index (χ1) is 37.7. The number of rotatable bonds is 25. The number of benzene rings is 4. The number of hydrogen-bond donors (Lipinski definition) is 3. The van der Waals surface area contributed by atoms with Gasteiger partial charge in [-0.25, -0.2) is 9.59 Å². The summed E-state index contributed by atoms with van der Waals surface area (Å²) in [6, 6.07) is 24.7. The van der Waals surface area contributed by atoms with E-state index in [9.17, 15) is 15.0 Å². The highest BCUT2D eigenvalue weighted by atomic mass is 16.8. The average molecular weight is 1060 g/mol. The van der Waals surface area contributed by atoms with Gasteiger partial charge in [-0.05, 0) is 110 Å². The molecule has 0 spiro atoms. The van der Waals surface area contributed by atoms with Crippen molar-refractivity contribution >= 4 is 23.6 Å². The molecule has 18 heteroatoms. The van der Waals surface area contributed by atoms with Crippen LogP contribution in [0.3, 0.4) is 0 Å². The zero-order chi connectivity index (χ0) is 53.6. The molecule has 2 aliphatic carbocycles. The number of allylic oxidation sites excluding steroid dienone is 1. The SMILES string of the molecule is C=CCO[C@@]12Oc3ccc(OC(=O)Nc4ccc(OC)cc4OC)cc3[C@H]3[C@H](CCCCO)[C@@H](CCCCO)C=C(C(=NOC4CCCCO4)C[C@@H]1N(Cc1ccc4c(c1)OCO4)C(=O)OCCOCc1ccccc1)[C@H]32. The molecule has 3 heterocycles. The molecule has 1 saturated heterocycles. The Balaban J connectivity index is 1.17. The van der Waals surface area contributed by atoms with Crippen LogP contribution >= 0.6 is 0 Å². The fraction of sp³-hybridized carbons (Fsp3) is 0.475. The Hall–Kier alpha value is -6.83. The summed E-state index contributed by atoms with van der Waals surface area (Å²) in [5, 5.41) is 28.0. The van der Waals surface area contributed by atoms with Gasteiger partial charge in [-0.15, -0.1) is 6.58 Å². The van der Waals surface area contributed by atoms with Crippen LogP contribution in [0.5, 0.6) is 34.5 Å². The van der Waals surface area contributed by atoms with E-state index in [-0.39, 0.29) is 70.4 Å². The molecule has 1 unspecified atom stereocenters. The molecule has 1 saturated carbocycles. The van der Waals surface area contributed by atoms with Crippen LogP contribution < -0.4 is 33.7 Å². The van der Waals surface area contributed by atoms with Crippen molar-refractivity contribution in [3.05, 3.63) is 126 Å². The van der Waals surface area contributed by atoms with Crippen molar-refractivity contribution < 1.29 is 72.0 Å². The fourth-order valence-electron chi connectivity index (χ4n) is 11.3. The second-order valence-electron chi connectivity index (χ2n) is 19.7. The van der Waals surface area contributed by atoms with Crippen molar-refractivity contribution in [2.75, 3.05) is 66.0 Å². The molecule has 18 nitrogen and oxygen atoms in total. The minimum Gasteiger partial charge on any atom is -0.497 e. The summed E-state index contributed by atoms with van der Waals surface area (Å²) in [6.07, 6.45) is 8.57. The second kappa shape index (κ2) is 26.5. The summed E-state index contributed by atoms with van der Waals surface area (Å²) in [6.45, 7) is 5.23. The quantitative estimate of drug-likeness (QED) is 0.0321. The molecule has 9 rings (SSSR count). The Labute approximate surface area is 449 Å². The molecule has 4 aromatic rings. The van der Waals surface area contributed by atoms with E-state index in [1.54, 1.807) is 48.4 Å². The number of amides is 2. The van der Waals surface area contributed by atoms with E-state index in [0.717, 1.165) is 47.9 Å². The molecule has 3 aliphatic heterocycles. The van der Waals surface area contributed by atoms with E-state index in [4.69, 9.17) is 57.4 Å². The Kier molecular flexibility index (Phi) is 18.9. The number of anilines is 1. The van der Waals surface area contributed by atoms with Crippen molar-refractivity contribution in [3.63, 3.8) is 0 Å². The van der Waals surface area contributed by atoms with Gasteiger partial charge in [0.05, 0.1) is 58.0 Å². The third kappa shape index (κ3) is 13.0. The number of ether oxygens (including phenoxy) is 10. The topological polar surface area (TPSA) is 204 Å². The number of hydrogen-bond acceptors (Lipinski definition) is 16. The highest BCUT2D eigenvalue weighted by molar-refractivity contribution is 6.03. The third-order valence-corrected chi connectivity index (χ3v) is 14.9. The standard InChI is InChI=1S/C59H71N3O15/c1-4-27-74-59-53(62(36-40-19-23-50-52(31-40)73-38-72-50)58(66)71-30-29-69-37-39-14-6-5-7-15-39)35-48(61-77-54-18-10-13-28-70-54)45-32-41(16-8-11-25-63)44(17-9-12-26-64)55(56(45)59)46-33-43(21-24-49(46)76-59)75-57(65)60-47-22-20-42(67-2)34-51(47)68-3/h4-7,14-15,19-24,31-34,41,44,53-56,63-64H,1,8-13,16-18,25-30,35-38H2,2-3H3,(H,60,65)/t41-,44+,53-,54?,55+,56+,59+/m0/s1. The lowest BCUT2D eigenvalue weighted by Crippen LogP contribution is -2.70. The molecule has 412 valence electrons. The summed E-state index contributed by atoms with van der Waals surface area (Å²) in [7, 11) is 3.04. The number of carbonyl (C=O) groups excluding carboxylic acids is 2.